The second kappa shape index (κ2) is 40.6. The highest BCUT2D eigenvalue weighted by Crippen LogP contribution is 2.23. The van der Waals surface area contributed by atoms with Crippen molar-refractivity contribution in [1.82, 2.24) is 0 Å². The summed E-state index contributed by atoms with van der Waals surface area (Å²) in [5, 5.41) is 0. The van der Waals surface area contributed by atoms with E-state index in [1.165, 1.54) is 205 Å². The molecule has 1 N–H and O–H groups in total. The molecule has 60 heavy (non-hydrogen) atoms. The number of carbonyl (C=O) groups is 2. The fraction of sp³-hybridized carbons (Fsp3) is 0.769. The van der Waals surface area contributed by atoms with Gasteiger partial charge in [0.25, 0.3) is 10.1 Å². The Morgan fingerprint density at radius 1 is 0.450 bits per heavy atom. The Morgan fingerprint density at radius 2 is 0.750 bits per heavy atom. The molecule has 0 heterocycles. The first-order chi connectivity index (χ1) is 29.3. The molecule has 0 saturated carbocycles. The molecule has 8 heteroatoms. The molecule has 0 aliphatic rings. The average Bonchev–Trinajstić information content (AvgIpc) is 3.24. The SMILES string of the molecule is CCCCCCCCCCCCCCCCCC/C=C/CCOC(=O)c1cccc(S(=O)(=O)O)c1C(=O)OCC/C=C/CCCCCCCCCCCCCCCCCC. The minimum absolute atomic E-state index is 0.0206. The second-order valence-electron chi connectivity index (χ2n) is 17.1. The Hall–Kier alpha value is -2.45. The molecule has 0 radical (unpaired) electrons. The first kappa shape index (κ1) is 55.6. The molecule has 0 aliphatic heterocycles. The molecule has 0 atom stereocenters. The Balaban J connectivity index is 2.19. The maximum atomic E-state index is 13.1. The predicted molar refractivity (Wildman–Crippen MR) is 253 cm³/mol. The zero-order valence-electron chi connectivity index (χ0n) is 38.7. The lowest BCUT2D eigenvalue weighted by Gasteiger charge is -2.12. The third-order valence-electron chi connectivity index (χ3n) is 11.5. The van der Waals surface area contributed by atoms with Gasteiger partial charge in [0, 0.05) is 0 Å². The third-order valence-corrected chi connectivity index (χ3v) is 12.4. The van der Waals surface area contributed by atoms with E-state index in [0.29, 0.717) is 12.8 Å². The molecule has 0 aliphatic carbocycles. The van der Waals surface area contributed by atoms with Crippen molar-refractivity contribution in [3.05, 3.63) is 53.6 Å². The van der Waals surface area contributed by atoms with Crippen LogP contribution in [0.25, 0.3) is 0 Å². The van der Waals surface area contributed by atoms with Gasteiger partial charge in [-0.15, -0.1) is 0 Å². The van der Waals surface area contributed by atoms with E-state index in [-0.39, 0.29) is 18.8 Å². The van der Waals surface area contributed by atoms with Crippen molar-refractivity contribution in [2.24, 2.45) is 0 Å². The fourth-order valence-corrected chi connectivity index (χ4v) is 8.51. The van der Waals surface area contributed by atoms with Gasteiger partial charge in [0.1, 0.15) is 4.90 Å². The number of esters is 2. The summed E-state index contributed by atoms with van der Waals surface area (Å²) in [6, 6.07) is 3.70. The monoisotopic (exact) mass is 859 g/mol. The highest BCUT2D eigenvalue weighted by molar-refractivity contribution is 7.86. The van der Waals surface area contributed by atoms with E-state index in [9.17, 15) is 22.6 Å². The van der Waals surface area contributed by atoms with E-state index in [1.54, 1.807) is 0 Å². The van der Waals surface area contributed by atoms with Crippen molar-refractivity contribution >= 4 is 22.1 Å². The van der Waals surface area contributed by atoms with Gasteiger partial charge in [-0.05, 0) is 50.7 Å². The van der Waals surface area contributed by atoms with E-state index < -0.39 is 32.5 Å². The lowest BCUT2D eigenvalue weighted by atomic mass is 10.0. The molecule has 1 rings (SSSR count). The van der Waals surface area contributed by atoms with Gasteiger partial charge in [-0.2, -0.15) is 8.42 Å². The van der Waals surface area contributed by atoms with E-state index in [4.69, 9.17) is 9.47 Å². The topological polar surface area (TPSA) is 107 Å². The maximum Gasteiger partial charge on any atom is 0.340 e. The van der Waals surface area contributed by atoms with Gasteiger partial charge in [-0.25, -0.2) is 9.59 Å². The molecule has 346 valence electrons. The van der Waals surface area contributed by atoms with Crippen LogP contribution in [0.2, 0.25) is 0 Å². The smallest absolute Gasteiger partial charge is 0.340 e. The summed E-state index contributed by atoms with van der Waals surface area (Å²) in [6.45, 7) is 4.65. The summed E-state index contributed by atoms with van der Waals surface area (Å²) in [7, 11) is -4.79. The summed E-state index contributed by atoms with van der Waals surface area (Å²) < 4.78 is 44.8. The minimum Gasteiger partial charge on any atom is -0.462 e. The van der Waals surface area contributed by atoms with Gasteiger partial charge in [-0.1, -0.05) is 237 Å². The van der Waals surface area contributed by atoms with Crippen molar-refractivity contribution in [1.29, 1.82) is 0 Å². The van der Waals surface area contributed by atoms with Crippen LogP contribution in [0.5, 0.6) is 0 Å². The number of rotatable bonds is 43. The summed E-state index contributed by atoms with van der Waals surface area (Å²) >= 11 is 0. The molecule has 0 unspecified atom stereocenters. The van der Waals surface area contributed by atoms with Crippen molar-refractivity contribution in [3.8, 4) is 0 Å². The highest BCUT2D eigenvalue weighted by atomic mass is 32.2. The number of unbranched alkanes of at least 4 members (excludes halogenated alkanes) is 32. The normalized spacial score (nSPS) is 11.9. The van der Waals surface area contributed by atoms with Crippen LogP contribution in [0.15, 0.2) is 47.4 Å². The Kier molecular flexibility index (Phi) is 37.6. The third kappa shape index (κ3) is 32.3. The van der Waals surface area contributed by atoms with Crippen molar-refractivity contribution in [2.75, 3.05) is 13.2 Å². The summed E-state index contributed by atoms with van der Waals surface area (Å²) in [6.07, 6.45) is 54.1. The van der Waals surface area contributed by atoms with E-state index in [0.717, 1.165) is 31.7 Å². The molecule has 0 spiro atoms. The van der Waals surface area contributed by atoms with Crippen molar-refractivity contribution in [2.45, 2.75) is 250 Å². The Bertz CT molecular complexity index is 1340. The van der Waals surface area contributed by atoms with Crippen LogP contribution in [0.1, 0.15) is 266 Å². The zero-order chi connectivity index (χ0) is 43.6. The Labute approximate surface area is 369 Å². The molecular formula is C52H90O7S. The van der Waals surface area contributed by atoms with Gasteiger partial charge in [0.2, 0.25) is 0 Å². The summed E-state index contributed by atoms with van der Waals surface area (Å²) in [5.74, 6) is -1.82. The van der Waals surface area contributed by atoms with Crippen LogP contribution in [0.3, 0.4) is 0 Å². The summed E-state index contributed by atoms with van der Waals surface area (Å²) in [5.41, 5.74) is -0.743. The first-order valence-corrected chi connectivity index (χ1v) is 26.5. The van der Waals surface area contributed by atoms with E-state index in [2.05, 4.69) is 26.0 Å². The molecule has 7 nitrogen and oxygen atoms in total. The quantitative estimate of drug-likeness (QED) is 0.0302. The molecule has 0 bridgehead atoms. The molecule has 0 amide bonds. The lowest BCUT2D eigenvalue weighted by molar-refractivity contribution is 0.0460. The highest BCUT2D eigenvalue weighted by Gasteiger charge is 2.28. The number of allylic oxidation sites excluding steroid dienone is 2. The van der Waals surface area contributed by atoms with Gasteiger partial charge in [0.05, 0.1) is 24.3 Å². The molecular weight excluding hydrogens is 769 g/mol. The lowest BCUT2D eigenvalue weighted by Crippen LogP contribution is -2.19. The van der Waals surface area contributed by atoms with Crippen LogP contribution >= 0.6 is 0 Å². The van der Waals surface area contributed by atoms with E-state index >= 15 is 0 Å². The number of hydrogen-bond acceptors (Lipinski definition) is 6. The average molecular weight is 859 g/mol. The zero-order valence-corrected chi connectivity index (χ0v) is 39.5. The largest absolute Gasteiger partial charge is 0.462 e. The van der Waals surface area contributed by atoms with Crippen LogP contribution < -0.4 is 0 Å². The number of carbonyl (C=O) groups excluding carboxylic acids is 2. The van der Waals surface area contributed by atoms with Gasteiger partial charge in [-0.3, -0.25) is 4.55 Å². The maximum absolute atomic E-state index is 13.1. The first-order valence-electron chi connectivity index (χ1n) is 25.1. The molecule has 0 saturated heterocycles. The van der Waals surface area contributed by atoms with Crippen molar-refractivity contribution in [3.63, 3.8) is 0 Å². The van der Waals surface area contributed by atoms with Gasteiger partial charge < -0.3 is 9.47 Å². The van der Waals surface area contributed by atoms with Crippen LogP contribution in [-0.4, -0.2) is 38.1 Å². The second-order valence-corrected chi connectivity index (χ2v) is 18.5. The molecule has 0 fully saturated rings. The molecule has 1 aromatic carbocycles. The van der Waals surface area contributed by atoms with E-state index in [1.807, 2.05) is 12.2 Å². The standard InChI is InChI=1S/C52H90O7S/c1-3-5-7-9-11-13-15-17-19-21-23-25-27-29-31-33-35-37-39-41-46-58-51(53)48-44-43-45-49(60(55,56)57)50(48)52(54)59-47-42-40-38-36-34-32-30-28-26-24-22-20-18-16-14-12-10-8-6-4-2/h37-40,43-45H,3-36,41-42,46-47H2,1-2H3,(H,55,56,57)/b39-37+,40-38+. The summed E-state index contributed by atoms with van der Waals surface area (Å²) in [4.78, 5) is 25.4. The minimum atomic E-state index is -4.79. The van der Waals surface area contributed by atoms with Gasteiger partial charge in [0.15, 0.2) is 0 Å². The number of hydrogen-bond donors (Lipinski definition) is 1. The molecule has 1 aromatic rings. The number of ether oxygens (including phenoxy) is 2. The van der Waals surface area contributed by atoms with Gasteiger partial charge >= 0.3 is 11.9 Å². The van der Waals surface area contributed by atoms with Crippen LogP contribution in [0.4, 0.5) is 0 Å². The molecule has 0 aromatic heterocycles. The number of benzene rings is 1. The van der Waals surface area contributed by atoms with Crippen LogP contribution in [0, 0.1) is 0 Å². The Morgan fingerprint density at radius 3 is 1.08 bits per heavy atom. The predicted octanol–water partition coefficient (Wildman–Crippen LogP) is 16.4. The van der Waals surface area contributed by atoms with Crippen molar-refractivity contribution < 1.29 is 32.0 Å². The van der Waals surface area contributed by atoms with Crippen LogP contribution in [-0.2, 0) is 19.6 Å². The fourth-order valence-electron chi connectivity index (χ4n) is 7.81.